The predicted octanol–water partition coefficient (Wildman–Crippen LogP) is 1.24. The van der Waals surface area contributed by atoms with Crippen molar-refractivity contribution in [1.29, 1.82) is 0 Å². The SMILES string of the molecule is Cc1ccc(CC2CC(=O)N(CCN3CCOCC3)C2=O)cc1. The first-order valence-corrected chi connectivity index (χ1v) is 8.33. The molecule has 2 aliphatic heterocycles. The number of carbonyl (C=O) groups excluding carboxylic acids is 2. The number of nitrogens with zero attached hydrogens (tertiary/aromatic N) is 2. The molecule has 0 N–H and O–H groups in total. The standard InChI is InChI=1S/C18H24N2O3/c1-14-2-4-15(5-3-14)12-16-13-17(21)20(18(16)22)7-6-19-8-10-23-11-9-19/h2-5,16H,6-13H2,1H3. The van der Waals surface area contributed by atoms with Crippen molar-refractivity contribution >= 4 is 11.8 Å². The molecule has 0 radical (unpaired) electrons. The highest BCUT2D eigenvalue weighted by Crippen LogP contribution is 2.23. The molecule has 0 aliphatic carbocycles. The molecule has 1 unspecified atom stereocenters. The van der Waals surface area contributed by atoms with Crippen molar-refractivity contribution in [2.24, 2.45) is 5.92 Å². The molecule has 2 aliphatic rings. The third-order valence-corrected chi connectivity index (χ3v) is 4.68. The van der Waals surface area contributed by atoms with Gasteiger partial charge in [0.05, 0.1) is 19.1 Å². The van der Waals surface area contributed by atoms with Crippen LogP contribution in [0, 0.1) is 12.8 Å². The molecule has 0 saturated carbocycles. The number of likely N-dealkylation sites (tertiary alicyclic amines) is 1. The summed E-state index contributed by atoms with van der Waals surface area (Å²) in [5.74, 6) is -0.237. The molecule has 124 valence electrons. The molecule has 2 heterocycles. The monoisotopic (exact) mass is 316 g/mol. The number of ether oxygens (including phenoxy) is 1. The van der Waals surface area contributed by atoms with Gasteiger partial charge in [0.2, 0.25) is 11.8 Å². The summed E-state index contributed by atoms with van der Waals surface area (Å²) in [6.07, 6.45) is 0.995. The Balaban J connectivity index is 1.55. The van der Waals surface area contributed by atoms with Crippen molar-refractivity contribution in [3.63, 3.8) is 0 Å². The molecule has 5 nitrogen and oxygen atoms in total. The molecule has 0 bridgehead atoms. The molecule has 0 aromatic heterocycles. The topological polar surface area (TPSA) is 49.9 Å². The fraction of sp³-hybridized carbons (Fsp3) is 0.556. The number of carbonyl (C=O) groups is 2. The Morgan fingerprint density at radius 1 is 1.09 bits per heavy atom. The van der Waals surface area contributed by atoms with Crippen LogP contribution < -0.4 is 0 Å². The molecule has 1 aromatic carbocycles. The molecule has 3 rings (SSSR count). The van der Waals surface area contributed by atoms with E-state index < -0.39 is 0 Å². The van der Waals surface area contributed by atoms with Gasteiger partial charge in [-0.2, -0.15) is 0 Å². The molecule has 2 fully saturated rings. The van der Waals surface area contributed by atoms with Crippen molar-refractivity contribution in [2.45, 2.75) is 19.8 Å². The van der Waals surface area contributed by atoms with Crippen LogP contribution >= 0.6 is 0 Å². The van der Waals surface area contributed by atoms with Crippen LogP contribution in [0.4, 0.5) is 0 Å². The minimum absolute atomic E-state index is 0.0103. The van der Waals surface area contributed by atoms with E-state index in [0.717, 1.165) is 38.4 Å². The molecule has 5 heteroatoms. The average molecular weight is 316 g/mol. The lowest BCUT2D eigenvalue weighted by atomic mass is 9.97. The molecule has 1 atom stereocenters. The Bertz CT molecular complexity index is 564. The van der Waals surface area contributed by atoms with Gasteiger partial charge in [-0.25, -0.2) is 0 Å². The van der Waals surface area contributed by atoms with Gasteiger partial charge in [0.15, 0.2) is 0 Å². The van der Waals surface area contributed by atoms with Crippen molar-refractivity contribution in [2.75, 3.05) is 39.4 Å². The third kappa shape index (κ3) is 3.98. The zero-order chi connectivity index (χ0) is 16.2. The van der Waals surface area contributed by atoms with Gasteiger partial charge < -0.3 is 4.74 Å². The normalized spacial score (nSPS) is 22.8. The van der Waals surface area contributed by atoms with Crippen molar-refractivity contribution in [1.82, 2.24) is 9.80 Å². The first kappa shape index (κ1) is 16.1. The Labute approximate surface area is 137 Å². The van der Waals surface area contributed by atoms with Crippen LogP contribution in [-0.4, -0.2) is 61.0 Å². The van der Waals surface area contributed by atoms with E-state index >= 15 is 0 Å². The summed E-state index contributed by atoms with van der Waals surface area (Å²) < 4.78 is 5.32. The minimum Gasteiger partial charge on any atom is -0.379 e. The van der Waals surface area contributed by atoms with Crippen LogP contribution in [0.3, 0.4) is 0 Å². The fourth-order valence-electron chi connectivity index (χ4n) is 3.22. The van der Waals surface area contributed by atoms with Crippen LogP contribution in [0.2, 0.25) is 0 Å². The van der Waals surface area contributed by atoms with Gasteiger partial charge in [-0.1, -0.05) is 29.8 Å². The van der Waals surface area contributed by atoms with E-state index in [0.29, 0.717) is 19.4 Å². The molecular weight excluding hydrogens is 292 g/mol. The summed E-state index contributed by atoms with van der Waals surface area (Å²) in [7, 11) is 0. The molecule has 1 aromatic rings. The third-order valence-electron chi connectivity index (χ3n) is 4.68. The molecule has 0 spiro atoms. The number of hydrogen-bond acceptors (Lipinski definition) is 4. The first-order chi connectivity index (χ1) is 11.1. The maximum absolute atomic E-state index is 12.5. The highest BCUT2D eigenvalue weighted by atomic mass is 16.5. The lowest BCUT2D eigenvalue weighted by molar-refractivity contribution is -0.139. The Hall–Kier alpha value is -1.72. The molecule has 2 saturated heterocycles. The summed E-state index contributed by atoms with van der Waals surface area (Å²) in [4.78, 5) is 28.4. The van der Waals surface area contributed by atoms with E-state index in [1.807, 2.05) is 31.2 Å². The van der Waals surface area contributed by atoms with Gasteiger partial charge >= 0.3 is 0 Å². The van der Waals surface area contributed by atoms with E-state index in [1.165, 1.54) is 10.5 Å². The summed E-state index contributed by atoms with van der Waals surface area (Å²) in [6, 6.07) is 8.19. The van der Waals surface area contributed by atoms with Crippen molar-refractivity contribution in [3.05, 3.63) is 35.4 Å². The number of amides is 2. The maximum Gasteiger partial charge on any atom is 0.233 e. The number of rotatable bonds is 5. The number of hydrogen-bond donors (Lipinski definition) is 0. The zero-order valence-electron chi connectivity index (χ0n) is 13.7. The van der Waals surface area contributed by atoms with Crippen LogP contribution in [-0.2, 0) is 20.7 Å². The zero-order valence-corrected chi connectivity index (χ0v) is 13.7. The summed E-state index contributed by atoms with van der Waals surface area (Å²) in [6.45, 7) is 6.52. The minimum atomic E-state index is -0.199. The average Bonchev–Trinajstić information content (AvgIpc) is 2.82. The van der Waals surface area contributed by atoms with Gasteiger partial charge in [0, 0.05) is 32.6 Å². The molecule has 23 heavy (non-hydrogen) atoms. The van der Waals surface area contributed by atoms with E-state index in [4.69, 9.17) is 4.74 Å². The Morgan fingerprint density at radius 3 is 2.48 bits per heavy atom. The van der Waals surface area contributed by atoms with Crippen LogP contribution in [0.15, 0.2) is 24.3 Å². The van der Waals surface area contributed by atoms with E-state index in [2.05, 4.69) is 4.90 Å². The van der Waals surface area contributed by atoms with E-state index in [9.17, 15) is 9.59 Å². The maximum atomic E-state index is 12.5. The lowest BCUT2D eigenvalue weighted by Gasteiger charge is -2.28. The summed E-state index contributed by atoms with van der Waals surface area (Å²) in [5, 5.41) is 0. The van der Waals surface area contributed by atoms with Crippen LogP contribution in [0.1, 0.15) is 17.5 Å². The van der Waals surface area contributed by atoms with E-state index in [-0.39, 0.29) is 17.7 Å². The van der Waals surface area contributed by atoms with Gasteiger partial charge in [0.25, 0.3) is 0 Å². The number of morpholine rings is 1. The second kappa shape index (κ2) is 7.23. The summed E-state index contributed by atoms with van der Waals surface area (Å²) >= 11 is 0. The van der Waals surface area contributed by atoms with E-state index in [1.54, 1.807) is 0 Å². The van der Waals surface area contributed by atoms with Crippen molar-refractivity contribution < 1.29 is 14.3 Å². The van der Waals surface area contributed by atoms with Gasteiger partial charge in [0.1, 0.15) is 0 Å². The van der Waals surface area contributed by atoms with Gasteiger partial charge in [-0.15, -0.1) is 0 Å². The van der Waals surface area contributed by atoms with Crippen molar-refractivity contribution in [3.8, 4) is 0 Å². The first-order valence-electron chi connectivity index (χ1n) is 8.33. The Kier molecular flexibility index (Phi) is 5.08. The van der Waals surface area contributed by atoms with Crippen LogP contribution in [0.25, 0.3) is 0 Å². The second-order valence-electron chi connectivity index (χ2n) is 6.43. The fourth-order valence-corrected chi connectivity index (χ4v) is 3.22. The van der Waals surface area contributed by atoms with Gasteiger partial charge in [-0.05, 0) is 18.9 Å². The molecule has 2 amide bonds. The Morgan fingerprint density at radius 2 is 1.78 bits per heavy atom. The second-order valence-corrected chi connectivity index (χ2v) is 6.43. The van der Waals surface area contributed by atoms with Crippen LogP contribution in [0.5, 0.6) is 0 Å². The number of imide groups is 1. The van der Waals surface area contributed by atoms with Gasteiger partial charge in [-0.3, -0.25) is 19.4 Å². The predicted molar refractivity (Wildman–Crippen MR) is 87.0 cm³/mol. The number of aryl methyl sites for hydroxylation is 1. The smallest absolute Gasteiger partial charge is 0.233 e. The highest BCUT2D eigenvalue weighted by Gasteiger charge is 2.38. The highest BCUT2D eigenvalue weighted by molar-refractivity contribution is 6.03. The number of benzene rings is 1. The quantitative estimate of drug-likeness (QED) is 0.767. The largest absolute Gasteiger partial charge is 0.379 e. The lowest BCUT2D eigenvalue weighted by Crippen LogP contribution is -2.43. The summed E-state index contributed by atoms with van der Waals surface area (Å²) in [5.41, 5.74) is 2.33. The molecular formula is C18H24N2O3.